The minimum absolute atomic E-state index is 0.157. The Hall–Kier alpha value is -1.36. The maximum absolute atomic E-state index is 11.4. The van der Waals surface area contributed by atoms with Gasteiger partial charge in [0.2, 0.25) is 5.91 Å². The lowest BCUT2D eigenvalue weighted by molar-refractivity contribution is -0.117. The van der Waals surface area contributed by atoms with Gasteiger partial charge in [-0.15, -0.1) is 11.3 Å². The highest BCUT2D eigenvalue weighted by Gasteiger charge is 2.06. The summed E-state index contributed by atoms with van der Waals surface area (Å²) in [5.41, 5.74) is 5.57. The molecule has 0 fully saturated rings. The van der Waals surface area contributed by atoms with Crippen molar-refractivity contribution in [3.63, 3.8) is 0 Å². The van der Waals surface area contributed by atoms with Crippen molar-refractivity contribution in [3.8, 4) is 0 Å². The number of carbonyl (C=O) groups excluding carboxylic acids is 2. The fourth-order valence-electron chi connectivity index (χ4n) is 0.964. The molecule has 14 heavy (non-hydrogen) atoms. The van der Waals surface area contributed by atoms with Crippen molar-refractivity contribution < 1.29 is 9.59 Å². The van der Waals surface area contributed by atoms with E-state index in [9.17, 15) is 9.59 Å². The number of aryl methyl sites for hydroxylation is 1. The summed E-state index contributed by atoms with van der Waals surface area (Å²) < 4.78 is 0. The Morgan fingerprint density at radius 2 is 2.29 bits per heavy atom. The molecule has 0 aliphatic rings. The molecule has 0 spiro atoms. The third-order valence-electron chi connectivity index (χ3n) is 1.65. The molecule has 5 heteroatoms. The molecule has 1 aromatic rings. The van der Waals surface area contributed by atoms with Crippen LogP contribution in [0, 0.1) is 6.92 Å². The first-order chi connectivity index (χ1) is 6.59. The average molecular weight is 212 g/mol. The molecule has 1 heterocycles. The Morgan fingerprint density at radius 1 is 1.57 bits per heavy atom. The summed E-state index contributed by atoms with van der Waals surface area (Å²) in [6.07, 6.45) is 0.175. The number of nitrogens with one attached hydrogen (secondary N) is 1. The van der Waals surface area contributed by atoms with E-state index in [-0.39, 0.29) is 12.3 Å². The second-order valence-corrected chi connectivity index (χ2v) is 4.03. The molecule has 1 aromatic heterocycles. The van der Waals surface area contributed by atoms with E-state index in [0.717, 1.165) is 4.88 Å². The number of thiophene rings is 1. The van der Waals surface area contributed by atoms with Crippen LogP contribution < -0.4 is 11.1 Å². The predicted octanol–water partition coefficient (Wildman–Crippen LogP) is 0.662. The van der Waals surface area contributed by atoms with Gasteiger partial charge in [-0.3, -0.25) is 9.59 Å². The molecule has 0 unspecified atom stereocenters. The SMILES string of the molecule is Cc1cc(C(=O)NCCC(N)=O)cs1. The van der Waals surface area contributed by atoms with Gasteiger partial charge in [0.05, 0.1) is 5.56 Å². The average Bonchev–Trinajstić information content (AvgIpc) is 2.51. The highest BCUT2D eigenvalue weighted by molar-refractivity contribution is 7.10. The molecule has 4 nitrogen and oxygen atoms in total. The van der Waals surface area contributed by atoms with Crippen LogP contribution in [0.1, 0.15) is 21.7 Å². The number of primary amides is 1. The molecule has 1 rings (SSSR count). The van der Waals surface area contributed by atoms with Crippen LogP contribution in [-0.2, 0) is 4.79 Å². The fraction of sp³-hybridized carbons (Fsp3) is 0.333. The molecule has 3 N–H and O–H groups in total. The molecule has 0 saturated heterocycles. The van der Waals surface area contributed by atoms with Crippen LogP contribution in [0.15, 0.2) is 11.4 Å². The van der Waals surface area contributed by atoms with E-state index < -0.39 is 5.91 Å². The van der Waals surface area contributed by atoms with Crippen LogP contribution in [0.25, 0.3) is 0 Å². The molecule has 0 saturated carbocycles. The normalized spacial score (nSPS) is 9.79. The number of carbonyl (C=O) groups is 2. The summed E-state index contributed by atoms with van der Waals surface area (Å²) in [5, 5.41) is 4.40. The van der Waals surface area contributed by atoms with Gasteiger partial charge in [0, 0.05) is 23.2 Å². The zero-order valence-electron chi connectivity index (χ0n) is 7.87. The summed E-state index contributed by atoms with van der Waals surface area (Å²) in [5.74, 6) is -0.567. The summed E-state index contributed by atoms with van der Waals surface area (Å²) in [4.78, 5) is 22.9. The topological polar surface area (TPSA) is 72.2 Å². The van der Waals surface area contributed by atoms with Crippen molar-refractivity contribution in [1.29, 1.82) is 0 Å². The lowest BCUT2D eigenvalue weighted by Gasteiger charge is -2.00. The van der Waals surface area contributed by atoms with Crippen LogP contribution in [0.5, 0.6) is 0 Å². The van der Waals surface area contributed by atoms with Crippen LogP contribution in [0.2, 0.25) is 0 Å². The summed E-state index contributed by atoms with van der Waals surface area (Å²) in [7, 11) is 0. The van der Waals surface area contributed by atoms with Gasteiger partial charge in [0.15, 0.2) is 0 Å². The van der Waals surface area contributed by atoms with E-state index in [1.165, 1.54) is 11.3 Å². The third-order valence-corrected chi connectivity index (χ3v) is 2.51. The van der Waals surface area contributed by atoms with Gasteiger partial charge in [-0.1, -0.05) is 0 Å². The first-order valence-corrected chi connectivity index (χ1v) is 5.09. The number of hydrogen-bond acceptors (Lipinski definition) is 3. The lowest BCUT2D eigenvalue weighted by atomic mass is 10.3. The molecular formula is C9H12N2O2S. The van der Waals surface area contributed by atoms with E-state index in [0.29, 0.717) is 12.1 Å². The van der Waals surface area contributed by atoms with Crippen molar-refractivity contribution in [2.45, 2.75) is 13.3 Å². The largest absolute Gasteiger partial charge is 0.370 e. The summed E-state index contributed by atoms with van der Waals surface area (Å²) >= 11 is 1.52. The van der Waals surface area contributed by atoms with Crippen molar-refractivity contribution in [3.05, 3.63) is 21.9 Å². The molecule has 76 valence electrons. The molecule has 0 radical (unpaired) electrons. The Bertz CT molecular complexity index is 346. The zero-order valence-corrected chi connectivity index (χ0v) is 8.69. The van der Waals surface area contributed by atoms with Crippen LogP contribution in [0.4, 0.5) is 0 Å². The first-order valence-electron chi connectivity index (χ1n) is 4.21. The summed E-state index contributed by atoms with van der Waals surface area (Å²) in [6.45, 7) is 2.23. The third kappa shape index (κ3) is 3.18. The lowest BCUT2D eigenvalue weighted by Crippen LogP contribution is -2.27. The van der Waals surface area contributed by atoms with Crippen molar-refractivity contribution in [2.24, 2.45) is 5.73 Å². The highest BCUT2D eigenvalue weighted by atomic mass is 32.1. The van der Waals surface area contributed by atoms with E-state index in [4.69, 9.17) is 5.73 Å². The number of nitrogens with two attached hydrogens (primary N) is 1. The minimum atomic E-state index is -0.410. The fourth-order valence-corrected chi connectivity index (χ4v) is 1.65. The van der Waals surface area contributed by atoms with Crippen LogP contribution >= 0.6 is 11.3 Å². The maximum Gasteiger partial charge on any atom is 0.252 e. The van der Waals surface area contributed by atoms with E-state index in [1.807, 2.05) is 13.0 Å². The van der Waals surface area contributed by atoms with Crippen LogP contribution in [0.3, 0.4) is 0 Å². The van der Waals surface area contributed by atoms with Gasteiger partial charge in [0.1, 0.15) is 0 Å². The zero-order chi connectivity index (χ0) is 10.6. The van der Waals surface area contributed by atoms with Gasteiger partial charge in [-0.25, -0.2) is 0 Å². The van der Waals surface area contributed by atoms with Gasteiger partial charge < -0.3 is 11.1 Å². The Kier molecular flexibility index (Phi) is 3.64. The van der Waals surface area contributed by atoms with Crippen molar-refractivity contribution >= 4 is 23.2 Å². The summed E-state index contributed by atoms with van der Waals surface area (Å²) in [6, 6.07) is 1.81. The number of rotatable bonds is 4. The molecule has 0 aliphatic carbocycles. The Labute approximate surface area is 86.1 Å². The van der Waals surface area contributed by atoms with Gasteiger partial charge in [0.25, 0.3) is 5.91 Å². The molecule has 0 aromatic carbocycles. The van der Waals surface area contributed by atoms with Gasteiger partial charge >= 0.3 is 0 Å². The first kappa shape index (κ1) is 10.7. The number of amides is 2. The van der Waals surface area contributed by atoms with Gasteiger partial charge in [-0.05, 0) is 13.0 Å². The predicted molar refractivity (Wildman–Crippen MR) is 55.2 cm³/mol. The van der Waals surface area contributed by atoms with Crippen molar-refractivity contribution in [2.75, 3.05) is 6.54 Å². The second kappa shape index (κ2) is 4.76. The van der Waals surface area contributed by atoms with Gasteiger partial charge in [-0.2, -0.15) is 0 Å². The van der Waals surface area contributed by atoms with E-state index in [2.05, 4.69) is 5.32 Å². The quantitative estimate of drug-likeness (QED) is 0.769. The molecule has 2 amide bonds. The smallest absolute Gasteiger partial charge is 0.252 e. The highest BCUT2D eigenvalue weighted by Crippen LogP contribution is 2.12. The molecular weight excluding hydrogens is 200 g/mol. The standard InChI is InChI=1S/C9H12N2O2S/c1-6-4-7(5-14-6)9(13)11-3-2-8(10)12/h4-5H,2-3H2,1H3,(H2,10,12)(H,11,13). The molecule has 0 atom stereocenters. The van der Waals surface area contributed by atoms with E-state index >= 15 is 0 Å². The Balaban J connectivity index is 2.39. The van der Waals surface area contributed by atoms with E-state index in [1.54, 1.807) is 5.38 Å². The number of hydrogen-bond donors (Lipinski definition) is 2. The monoisotopic (exact) mass is 212 g/mol. The second-order valence-electron chi connectivity index (χ2n) is 2.92. The maximum atomic E-state index is 11.4. The molecule has 0 bridgehead atoms. The minimum Gasteiger partial charge on any atom is -0.370 e. The Morgan fingerprint density at radius 3 is 2.79 bits per heavy atom. The molecule has 0 aliphatic heterocycles. The van der Waals surface area contributed by atoms with Crippen molar-refractivity contribution in [1.82, 2.24) is 5.32 Å². The van der Waals surface area contributed by atoms with Crippen LogP contribution in [-0.4, -0.2) is 18.4 Å².